The highest BCUT2D eigenvalue weighted by atomic mass is 19.4. The van der Waals surface area contributed by atoms with Crippen molar-refractivity contribution in [3.8, 4) is 0 Å². The van der Waals surface area contributed by atoms with E-state index in [1.54, 1.807) is 0 Å². The number of unbranched alkanes of at least 4 members (excludes halogenated alkanes) is 1. The number of carboxylic acids is 1. The smallest absolute Gasteiger partial charge is 0.406 e. The van der Waals surface area contributed by atoms with Crippen molar-refractivity contribution >= 4 is 11.9 Å². The maximum Gasteiger partial charge on any atom is 0.406 e. The molecule has 1 amide bonds. The molecule has 1 rings (SSSR count). The van der Waals surface area contributed by atoms with Crippen molar-refractivity contribution in [1.82, 2.24) is 4.90 Å². The molecule has 0 aliphatic heterocycles. The minimum Gasteiger partial charge on any atom is -0.481 e. The summed E-state index contributed by atoms with van der Waals surface area (Å²) in [6.07, 6.45) is -2.58. The summed E-state index contributed by atoms with van der Waals surface area (Å²) in [5.74, 6) is -1.49. The molecule has 0 aromatic carbocycles. The largest absolute Gasteiger partial charge is 0.481 e. The molecule has 0 aromatic rings. The van der Waals surface area contributed by atoms with Gasteiger partial charge in [-0.1, -0.05) is 0 Å². The van der Waals surface area contributed by atoms with Crippen LogP contribution in [0, 0.1) is 0 Å². The molecule has 0 saturated heterocycles. The van der Waals surface area contributed by atoms with Crippen LogP contribution in [-0.4, -0.2) is 40.6 Å². The van der Waals surface area contributed by atoms with Crippen molar-refractivity contribution in [3.63, 3.8) is 0 Å². The van der Waals surface area contributed by atoms with Gasteiger partial charge >= 0.3 is 12.1 Å². The van der Waals surface area contributed by atoms with Crippen molar-refractivity contribution < 1.29 is 27.9 Å². The topological polar surface area (TPSA) is 57.6 Å². The van der Waals surface area contributed by atoms with Crippen molar-refractivity contribution in [1.29, 1.82) is 0 Å². The standard InChI is InChI=1S/C11H16F3NO3/c12-11(13,14)7-15(8-5-6-8)9(16)3-1-2-4-10(17)18/h8H,1-7H2,(H,17,18). The van der Waals surface area contributed by atoms with Crippen LogP contribution in [0.1, 0.15) is 38.5 Å². The maximum absolute atomic E-state index is 12.3. The van der Waals surface area contributed by atoms with Gasteiger partial charge < -0.3 is 10.0 Å². The Morgan fingerprint density at radius 1 is 1.17 bits per heavy atom. The number of halogens is 3. The molecule has 0 radical (unpaired) electrons. The molecular weight excluding hydrogens is 251 g/mol. The van der Waals surface area contributed by atoms with Crippen LogP contribution in [-0.2, 0) is 9.59 Å². The summed E-state index contributed by atoms with van der Waals surface area (Å²) in [6, 6.07) is -0.279. The average Bonchev–Trinajstić information content (AvgIpc) is 3.02. The molecule has 0 unspecified atom stereocenters. The molecule has 0 heterocycles. The Hall–Kier alpha value is -1.27. The molecule has 18 heavy (non-hydrogen) atoms. The lowest BCUT2D eigenvalue weighted by Gasteiger charge is -2.23. The average molecular weight is 267 g/mol. The van der Waals surface area contributed by atoms with Gasteiger partial charge in [0.15, 0.2) is 0 Å². The van der Waals surface area contributed by atoms with E-state index in [1.807, 2.05) is 0 Å². The number of amides is 1. The van der Waals surface area contributed by atoms with Gasteiger partial charge in [0.25, 0.3) is 0 Å². The van der Waals surface area contributed by atoms with Crippen molar-refractivity contribution in [2.45, 2.75) is 50.7 Å². The summed E-state index contributed by atoms with van der Waals surface area (Å²) < 4.78 is 36.8. The third-order valence-corrected chi connectivity index (χ3v) is 2.69. The Balaban J connectivity index is 2.34. The van der Waals surface area contributed by atoms with Crippen molar-refractivity contribution in [3.05, 3.63) is 0 Å². The fraction of sp³-hybridized carbons (Fsp3) is 0.818. The molecule has 0 atom stereocenters. The van der Waals surface area contributed by atoms with E-state index in [9.17, 15) is 22.8 Å². The summed E-state index contributed by atoms with van der Waals surface area (Å²) >= 11 is 0. The van der Waals surface area contributed by atoms with E-state index < -0.39 is 24.6 Å². The van der Waals surface area contributed by atoms with E-state index in [1.165, 1.54) is 0 Å². The first-order chi connectivity index (χ1) is 8.29. The number of hydrogen-bond acceptors (Lipinski definition) is 2. The van der Waals surface area contributed by atoms with Gasteiger partial charge in [-0.25, -0.2) is 0 Å². The van der Waals surface area contributed by atoms with Crippen LogP contribution in [0.3, 0.4) is 0 Å². The predicted molar refractivity (Wildman–Crippen MR) is 56.9 cm³/mol. The van der Waals surface area contributed by atoms with E-state index in [0.717, 1.165) is 4.90 Å². The Labute approximate surface area is 103 Å². The molecule has 1 fully saturated rings. The molecule has 1 saturated carbocycles. The number of carbonyl (C=O) groups is 2. The lowest BCUT2D eigenvalue weighted by molar-refractivity contribution is -0.162. The zero-order chi connectivity index (χ0) is 13.8. The first kappa shape index (κ1) is 14.8. The molecule has 1 aliphatic rings. The van der Waals surface area contributed by atoms with Crippen molar-refractivity contribution in [2.75, 3.05) is 6.54 Å². The number of carboxylic acid groups (broad SMARTS) is 1. The van der Waals surface area contributed by atoms with Gasteiger partial charge in [-0.15, -0.1) is 0 Å². The number of aliphatic carboxylic acids is 1. The number of nitrogens with zero attached hydrogens (tertiary/aromatic N) is 1. The van der Waals surface area contributed by atoms with Crippen LogP contribution in [0.25, 0.3) is 0 Å². The zero-order valence-electron chi connectivity index (χ0n) is 9.87. The maximum atomic E-state index is 12.3. The highest BCUT2D eigenvalue weighted by molar-refractivity contribution is 5.77. The zero-order valence-corrected chi connectivity index (χ0v) is 9.87. The first-order valence-corrected chi connectivity index (χ1v) is 5.87. The summed E-state index contributed by atoms with van der Waals surface area (Å²) in [4.78, 5) is 22.7. The third-order valence-electron chi connectivity index (χ3n) is 2.69. The molecule has 4 nitrogen and oxygen atoms in total. The van der Waals surface area contributed by atoms with Gasteiger partial charge in [0.2, 0.25) is 5.91 Å². The highest BCUT2D eigenvalue weighted by Crippen LogP contribution is 2.30. The molecule has 0 bridgehead atoms. The summed E-state index contributed by atoms with van der Waals surface area (Å²) in [5.41, 5.74) is 0. The fourth-order valence-corrected chi connectivity index (χ4v) is 1.70. The Kier molecular flexibility index (Phi) is 4.98. The van der Waals surface area contributed by atoms with Crippen LogP contribution < -0.4 is 0 Å². The number of carbonyl (C=O) groups excluding carboxylic acids is 1. The second-order valence-corrected chi connectivity index (χ2v) is 4.47. The van der Waals surface area contributed by atoms with Crippen LogP contribution in [0.2, 0.25) is 0 Å². The monoisotopic (exact) mass is 267 g/mol. The summed E-state index contributed by atoms with van der Waals surface area (Å²) in [7, 11) is 0. The predicted octanol–water partition coefficient (Wildman–Crippen LogP) is 2.18. The minimum atomic E-state index is -4.38. The second-order valence-electron chi connectivity index (χ2n) is 4.47. The van der Waals surface area contributed by atoms with Gasteiger partial charge in [0, 0.05) is 18.9 Å². The fourth-order valence-electron chi connectivity index (χ4n) is 1.70. The molecule has 1 N–H and O–H groups in total. The Bertz CT molecular complexity index is 313. The lowest BCUT2D eigenvalue weighted by atomic mass is 10.2. The van der Waals surface area contributed by atoms with Gasteiger partial charge in [-0.3, -0.25) is 9.59 Å². The van der Waals surface area contributed by atoms with Gasteiger partial charge in [0.05, 0.1) is 0 Å². The van der Waals surface area contributed by atoms with E-state index in [4.69, 9.17) is 5.11 Å². The SMILES string of the molecule is O=C(O)CCCCC(=O)N(CC(F)(F)F)C1CC1. The first-order valence-electron chi connectivity index (χ1n) is 5.87. The summed E-state index contributed by atoms with van der Waals surface area (Å²) in [5, 5.41) is 8.39. The van der Waals surface area contributed by atoms with E-state index >= 15 is 0 Å². The van der Waals surface area contributed by atoms with E-state index in [0.29, 0.717) is 25.7 Å². The number of rotatable bonds is 7. The summed E-state index contributed by atoms with van der Waals surface area (Å²) in [6.45, 7) is -1.20. The molecular formula is C11H16F3NO3. The van der Waals surface area contributed by atoms with Crippen LogP contribution in [0.15, 0.2) is 0 Å². The number of alkyl halides is 3. The third kappa shape index (κ3) is 5.88. The van der Waals surface area contributed by atoms with Gasteiger partial charge in [-0.2, -0.15) is 13.2 Å². The Morgan fingerprint density at radius 2 is 1.72 bits per heavy atom. The van der Waals surface area contributed by atoms with Crippen LogP contribution in [0.4, 0.5) is 13.2 Å². The lowest BCUT2D eigenvalue weighted by Crippen LogP contribution is -2.40. The number of hydrogen-bond donors (Lipinski definition) is 1. The van der Waals surface area contributed by atoms with E-state index in [2.05, 4.69) is 0 Å². The highest BCUT2D eigenvalue weighted by Gasteiger charge is 2.40. The van der Waals surface area contributed by atoms with E-state index in [-0.39, 0.29) is 18.9 Å². The van der Waals surface area contributed by atoms with Crippen molar-refractivity contribution in [2.24, 2.45) is 0 Å². The molecule has 0 spiro atoms. The normalized spacial score (nSPS) is 15.5. The Morgan fingerprint density at radius 3 is 2.17 bits per heavy atom. The minimum absolute atomic E-state index is 0.0140. The molecule has 0 aromatic heterocycles. The molecule has 1 aliphatic carbocycles. The molecule has 104 valence electrons. The quantitative estimate of drug-likeness (QED) is 0.719. The van der Waals surface area contributed by atoms with Crippen LogP contribution in [0.5, 0.6) is 0 Å². The van der Waals surface area contributed by atoms with Crippen LogP contribution >= 0.6 is 0 Å². The van der Waals surface area contributed by atoms with Gasteiger partial charge in [-0.05, 0) is 25.7 Å². The second kappa shape index (κ2) is 6.06. The van der Waals surface area contributed by atoms with Gasteiger partial charge in [0.1, 0.15) is 6.54 Å². The molecule has 7 heteroatoms.